The lowest BCUT2D eigenvalue weighted by Gasteiger charge is -2.75. The van der Waals surface area contributed by atoms with Crippen LogP contribution >= 0.6 is 0 Å². The first-order valence-electron chi connectivity index (χ1n) is 13.8. The molecule has 0 saturated heterocycles. The number of hydrogen-bond acceptors (Lipinski definition) is 2. The summed E-state index contributed by atoms with van der Waals surface area (Å²) in [5.41, 5.74) is 1.60. The van der Waals surface area contributed by atoms with Gasteiger partial charge in [0.25, 0.3) is 0 Å². The molecule has 0 aliphatic heterocycles. The molecule has 0 heterocycles. The zero-order chi connectivity index (χ0) is 23.5. The molecule has 10 atom stereocenters. The molecule has 0 radical (unpaired) electrons. The minimum Gasteiger partial charge on any atom is -0.393 e. The van der Waals surface area contributed by atoms with Gasteiger partial charge in [-0.15, -0.1) is 0 Å². The number of ketones is 1. The van der Waals surface area contributed by atoms with Gasteiger partial charge in [-0.1, -0.05) is 55.4 Å². The van der Waals surface area contributed by atoms with E-state index < -0.39 is 0 Å². The van der Waals surface area contributed by atoms with E-state index in [1.807, 2.05) is 0 Å². The van der Waals surface area contributed by atoms with Gasteiger partial charge in [-0.05, 0) is 108 Å². The van der Waals surface area contributed by atoms with Gasteiger partial charge in [0.1, 0.15) is 5.78 Å². The number of rotatable bonds is 0. The Morgan fingerprint density at radius 2 is 1.34 bits per heavy atom. The average Bonchev–Trinajstić information content (AvgIpc) is 2.70. The Morgan fingerprint density at radius 1 is 0.719 bits per heavy atom. The van der Waals surface area contributed by atoms with Crippen LogP contribution in [-0.2, 0) is 4.79 Å². The predicted octanol–water partition coefficient (Wildman–Crippen LogP) is 7.43. The van der Waals surface area contributed by atoms with Crippen LogP contribution in [0, 0.1) is 56.2 Å². The molecule has 5 aliphatic rings. The Hall–Kier alpha value is -0.370. The van der Waals surface area contributed by atoms with E-state index in [2.05, 4.69) is 55.4 Å². The summed E-state index contributed by atoms with van der Waals surface area (Å²) < 4.78 is 0. The van der Waals surface area contributed by atoms with Crippen LogP contribution in [0.25, 0.3) is 0 Å². The van der Waals surface area contributed by atoms with Crippen LogP contribution in [0.1, 0.15) is 120 Å². The Labute approximate surface area is 197 Å². The number of aliphatic hydroxyl groups is 1. The second kappa shape index (κ2) is 6.64. The van der Waals surface area contributed by atoms with Crippen LogP contribution < -0.4 is 0 Å². The summed E-state index contributed by atoms with van der Waals surface area (Å²) >= 11 is 0. The summed E-state index contributed by atoms with van der Waals surface area (Å²) in [4.78, 5) is 12.7. The molecule has 5 aliphatic carbocycles. The van der Waals surface area contributed by atoms with Gasteiger partial charge >= 0.3 is 0 Å². The third-order valence-corrected chi connectivity index (χ3v) is 13.9. The van der Waals surface area contributed by atoms with E-state index >= 15 is 0 Å². The van der Waals surface area contributed by atoms with Crippen molar-refractivity contribution in [1.29, 1.82) is 0 Å². The molecule has 5 rings (SSSR count). The van der Waals surface area contributed by atoms with Gasteiger partial charge in [-0.25, -0.2) is 0 Å². The lowest BCUT2D eigenvalue weighted by molar-refractivity contribution is -0.264. The third kappa shape index (κ3) is 2.66. The normalized spacial score (nSPS) is 59.4. The summed E-state index contributed by atoms with van der Waals surface area (Å²) in [6, 6.07) is 0. The fraction of sp³-hybridized carbons (Fsp3) is 0.967. The standard InChI is InChI=1S/C30H50O2/c1-19-20(31)9-10-21-27(19,5)12-11-22-28(21,6)14-16-30(8)23-17-25(2,3)24(32)18-26(23,4)13-15-29(22,30)7/h19,21-24,32H,9-18H2,1-8H3/t19-,21+,22+,23+,24+,26-,27+,28-,29+,30-/m0/s1. The van der Waals surface area contributed by atoms with Crippen LogP contribution in [0.4, 0.5) is 0 Å². The van der Waals surface area contributed by atoms with Gasteiger partial charge in [0.2, 0.25) is 0 Å². The van der Waals surface area contributed by atoms with Gasteiger partial charge in [0.05, 0.1) is 6.10 Å². The SMILES string of the molecule is C[C@H]1C(=O)CC[C@H]2[C@]3(C)CC[C@@]4(C)[C@@H]5CC(C)(C)[C@H](O)C[C@]5(C)CC[C@]4(C)[C@@H]3CC[C@@]21C. The second-order valence-corrected chi connectivity index (χ2v) is 15.3. The van der Waals surface area contributed by atoms with E-state index in [1.54, 1.807) is 0 Å². The largest absolute Gasteiger partial charge is 0.393 e. The number of Topliss-reactive ketones (excluding diaryl/α,β-unsaturated/α-hetero) is 1. The zero-order valence-corrected chi connectivity index (χ0v) is 22.3. The van der Waals surface area contributed by atoms with Crippen molar-refractivity contribution in [2.24, 2.45) is 56.2 Å². The first-order valence-corrected chi connectivity index (χ1v) is 13.8. The predicted molar refractivity (Wildman–Crippen MR) is 131 cm³/mol. The summed E-state index contributed by atoms with van der Waals surface area (Å²) in [6.07, 6.45) is 11.7. The number of carbonyl (C=O) groups excluding carboxylic acids is 1. The molecular weight excluding hydrogens is 392 g/mol. The quantitative estimate of drug-likeness (QED) is 0.423. The van der Waals surface area contributed by atoms with Crippen molar-refractivity contribution in [3.05, 3.63) is 0 Å². The molecule has 0 aromatic heterocycles. The monoisotopic (exact) mass is 442 g/mol. The van der Waals surface area contributed by atoms with E-state index in [0.717, 1.165) is 25.2 Å². The number of fused-ring (bicyclic) bond motifs is 7. The molecule has 182 valence electrons. The highest BCUT2D eigenvalue weighted by molar-refractivity contribution is 5.82. The minimum atomic E-state index is -0.165. The third-order valence-electron chi connectivity index (χ3n) is 13.9. The maximum atomic E-state index is 12.7. The summed E-state index contributed by atoms with van der Waals surface area (Å²) in [5.74, 6) is 2.92. The highest BCUT2D eigenvalue weighted by atomic mass is 16.3. The first-order chi connectivity index (χ1) is 14.6. The number of carbonyl (C=O) groups is 1. The van der Waals surface area contributed by atoms with Crippen LogP contribution in [0.15, 0.2) is 0 Å². The fourth-order valence-corrected chi connectivity index (χ4v) is 11.2. The molecule has 0 spiro atoms. The summed E-state index contributed by atoms with van der Waals surface area (Å²) in [7, 11) is 0. The van der Waals surface area contributed by atoms with E-state index in [-0.39, 0.29) is 28.3 Å². The fourth-order valence-electron chi connectivity index (χ4n) is 11.2. The molecule has 0 aromatic rings. The Morgan fingerprint density at radius 3 is 2.03 bits per heavy atom. The van der Waals surface area contributed by atoms with E-state index in [4.69, 9.17) is 0 Å². The smallest absolute Gasteiger partial charge is 0.136 e. The molecule has 2 heteroatoms. The van der Waals surface area contributed by atoms with Crippen molar-refractivity contribution >= 4 is 5.78 Å². The molecule has 5 saturated carbocycles. The van der Waals surface area contributed by atoms with Crippen LogP contribution in [0.2, 0.25) is 0 Å². The molecule has 0 amide bonds. The van der Waals surface area contributed by atoms with Gasteiger partial charge in [-0.3, -0.25) is 4.79 Å². The van der Waals surface area contributed by atoms with Gasteiger partial charge < -0.3 is 5.11 Å². The van der Waals surface area contributed by atoms with Crippen molar-refractivity contribution in [3.8, 4) is 0 Å². The maximum Gasteiger partial charge on any atom is 0.136 e. The lowest BCUT2D eigenvalue weighted by atomic mass is 9.30. The highest BCUT2D eigenvalue weighted by Gasteiger charge is 2.71. The van der Waals surface area contributed by atoms with Crippen LogP contribution in [-0.4, -0.2) is 17.0 Å². The van der Waals surface area contributed by atoms with Crippen molar-refractivity contribution in [2.75, 3.05) is 0 Å². The summed E-state index contributed by atoms with van der Waals surface area (Å²) in [5, 5.41) is 11.0. The molecular formula is C30H50O2. The Kier molecular flexibility index (Phi) is 4.85. The zero-order valence-electron chi connectivity index (χ0n) is 22.3. The topological polar surface area (TPSA) is 37.3 Å². The van der Waals surface area contributed by atoms with Crippen molar-refractivity contribution in [2.45, 2.75) is 126 Å². The highest BCUT2D eigenvalue weighted by Crippen LogP contribution is 2.78. The average molecular weight is 443 g/mol. The molecule has 0 unspecified atom stereocenters. The van der Waals surface area contributed by atoms with Crippen LogP contribution in [0.5, 0.6) is 0 Å². The number of aliphatic hydroxyl groups excluding tert-OH is 1. The second-order valence-electron chi connectivity index (χ2n) is 15.3. The Bertz CT molecular complexity index is 816. The summed E-state index contributed by atoms with van der Waals surface area (Å²) in [6.45, 7) is 19.9. The minimum absolute atomic E-state index is 0.0243. The van der Waals surface area contributed by atoms with Crippen molar-refractivity contribution < 1.29 is 9.90 Å². The Balaban J connectivity index is 1.54. The molecule has 0 aromatic carbocycles. The van der Waals surface area contributed by atoms with Crippen molar-refractivity contribution in [1.82, 2.24) is 0 Å². The van der Waals surface area contributed by atoms with E-state index in [9.17, 15) is 9.90 Å². The lowest BCUT2D eigenvalue weighted by Crippen LogP contribution is -2.68. The van der Waals surface area contributed by atoms with Crippen molar-refractivity contribution in [3.63, 3.8) is 0 Å². The van der Waals surface area contributed by atoms with E-state index in [0.29, 0.717) is 33.9 Å². The maximum absolute atomic E-state index is 12.7. The molecule has 1 N–H and O–H groups in total. The molecule has 0 bridgehead atoms. The van der Waals surface area contributed by atoms with Crippen LogP contribution in [0.3, 0.4) is 0 Å². The van der Waals surface area contributed by atoms with Gasteiger partial charge in [-0.2, -0.15) is 0 Å². The molecule has 32 heavy (non-hydrogen) atoms. The molecule has 2 nitrogen and oxygen atoms in total. The van der Waals surface area contributed by atoms with Gasteiger partial charge in [0.15, 0.2) is 0 Å². The van der Waals surface area contributed by atoms with Gasteiger partial charge in [0, 0.05) is 12.3 Å². The first kappa shape index (κ1) is 23.4. The number of hydrogen-bond donors (Lipinski definition) is 1. The molecule has 5 fully saturated rings. The van der Waals surface area contributed by atoms with E-state index in [1.165, 1.54) is 44.9 Å².